The fourth-order valence-electron chi connectivity index (χ4n) is 2.93. The number of benzene rings is 2. The van der Waals surface area contributed by atoms with E-state index in [1.807, 2.05) is 13.8 Å². The molecule has 2 rings (SSSR count). The van der Waals surface area contributed by atoms with Crippen LogP contribution in [0.2, 0.25) is 0 Å². The Hall–Kier alpha value is -2.79. The van der Waals surface area contributed by atoms with E-state index in [1.165, 1.54) is 20.3 Å². The van der Waals surface area contributed by atoms with Gasteiger partial charge in [0.2, 0.25) is 15.9 Å². The van der Waals surface area contributed by atoms with E-state index < -0.39 is 39.1 Å². The maximum atomic E-state index is 13.2. The van der Waals surface area contributed by atoms with Crippen molar-refractivity contribution in [3.8, 4) is 11.5 Å². The molecule has 0 atom stereocenters. The summed E-state index contributed by atoms with van der Waals surface area (Å²) in [6, 6.07) is 8.18. The Kier molecular flexibility index (Phi) is 8.73. The highest BCUT2D eigenvalue weighted by Crippen LogP contribution is 2.32. The number of nitrogens with one attached hydrogen (secondary N) is 1. The Bertz CT molecular complexity index is 1070. The number of rotatable bonds is 10. The molecule has 0 aromatic heterocycles. The first-order chi connectivity index (χ1) is 15.4. The van der Waals surface area contributed by atoms with Crippen LogP contribution in [-0.2, 0) is 21.0 Å². The van der Waals surface area contributed by atoms with E-state index in [9.17, 15) is 26.4 Å². The van der Waals surface area contributed by atoms with Crippen LogP contribution in [0.5, 0.6) is 11.5 Å². The molecule has 0 heterocycles. The standard InChI is InChI=1S/C22H27F3N2O5S/c1-15(2)10-11-27(33(29,30)18-7-5-6-16(12-18)22(23,24)25)14-21(28)26-19-13-17(31-3)8-9-20(19)32-4/h5-9,12-13,15H,10-11,14H2,1-4H3,(H,26,28). The van der Waals surface area contributed by atoms with Gasteiger partial charge in [-0.2, -0.15) is 17.5 Å². The number of carbonyl (C=O) groups is 1. The van der Waals surface area contributed by atoms with Gasteiger partial charge in [-0.15, -0.1) is 0 Å². The highest BCUT2D eigenvalue weighted by Gasteiger charge is 2.33. The van der Waals surface area contributed by atoms with Crippen LogP contribution >= 0.6 is 0 Å². The summed E-state index contributed by atoms with van der Waals surface area (Å²) in [5, 5.41) is 2.58. The lowest BCUT2D eigenvalue weighted by molar-refractivity contribution is -0.137. The molecule has 0 radical (unpaired) electrons. The molecule has 11 heteroatoms. The van der Waals surface area contributed by atoms with Crippen LogP contribution in [0, 0.1) is 5.92 Å². The fourth-order valence-corrected chi connectivity index (χ4v) is 4.39. The molecule has 0 aliphatic carbocycles. The van der Waals surface area contributed by atoms with E-state index in [2.05, 4.69) is 5.32 Å². The minimum atomic E-state index is -4.70. The van der Waals surface area contributed by atoms with Crippen molar-refractivity contribution in [2.75, 3.05) is 32.6 Å². The minimum absolute atomic E-state index is 0.0427. The number of hydrogen-bond acceptors (Lipinski definition) is 5. The van der Waals surface area contributed by atoms with Crippen LogP contribution in [0.3, 0.4) is 0 Å². The molecule has 0 saturated carbocycles. The van der Waals surface area contributed by atoms with Crippen LogP contribution in [0.15, 0.2) is 47.4 Å². The number of hydrogen-bond donors (Lipinski definition) is 1. The van der Waals surface area contributed by atoms with E-state index in [0.29, 0.717) is 24.0 Å². The average Bonchev–Trinajstić information content (AvgIpc) is 2.75. The molecule has 1 N–H and O–H groups in total. The summed E-state index contributed by atoms with van der Waals surface area (Å²) >= 11 is 0. The maximum absolute atomic E-state index is 13.2. The number of anilines is 1. The van der Waals surface area contributed by atoms with E-state index >= 15 is 0 Å². The summed E-state index contributed by atoms with van der Waals surface area (Å²) in [6.45, 7) is 3.11. The van der Waals surface area contributed by atoms with Crippen LogP contribution in [-0.4, -0.2) is 45.9 Å². The monoisotopic (exact) mass is 488 g/mol. The quantitative estimate of drug-likeness (QED) is 0.536. The lowest BCUT2D eigenvalue weighted by Crippen LogP contribution is -2.39. The van der Waals surface area contributed by atoms with Gasteiger partial charge < -0.3 is 14.8 Å². The van der Waals surface area contributed by atoms with E-state index in [-0.39, 0.29) is 18.2 Å². The second-order valence-corrected chi connectivity index (χ2v) is 9.60. The molecule has 33 heavy (non-hydrogen) atoms. The molecule has 7 nitrogen and oxygen atoms in total. The predicted octanol–water partition coefficient (Wildman–Crippen LogP) is 4.40. The third-order valence-electron chi connectivity index (χ3n) is 4.76. The zero-order chi connectivity index (χ0) is 24.8. The zero-order valence-corrected chi connectivity index (χ0v) is 19.6. The van der Waals surface area contributed by atoms with Crippen molar-refractivity contribution in [1.82, 2.24) is 4.31 Å². The molecule has 1 amide bonds. The summed E-state index contributed by atoms with van der Waals surface area (Å²) < 4.78 is 76.9. The van der Waals surface area contributed by atoms with Gasteiger partial charge in [0.1, 0.15) is 11.5 Å². The van der Waals surface area contributed by atoms with Gasteiger partial charge in [0.05, 0.1) is 36.9 Å². The Morgan fingerprint density at radius 1 is 1.09 bits per heavy atom. The van der Waals surface area contributed by atoms with Crippen LogP contribution in [0.1, 0.15) is 25.8 Å². The third kappa shape index (κ3) is 7.10. The molecule has 0 aliphatic rings. The number of methoxy groups -OCH3 is 2. The average molecular weight is 489 g/mol. The van der Waals surface area contributed by atoms with Gasteiger partial charge in [0.15, 0.2) is 0 Å². The number of amides is 1. The van der Waals surface area contributed by atoms with Crippen molar-refractivity contribution in [2.24, 2.45) is 5.92 Å². The second-order valence-electron chi connectivity index (χ2n) is 7.66. The second kappa shape index (κ2) is 10.9. The van der Waals surface area contributed by atoms with Gasteiger partial charge in [0, 0.05) is 12.6 Å². The largest absolute Gasteiger partial charge is 0.497 e. The predicted molar refractivity (Wildman–Crippen MR) is 118 cm³/mol. The van der Waals surface area contributed by atoms with E-state index in [4.69, 9.17) is 9.47 Å². The highest BCUT2D eigenvalue weighted by atomic mass is 32.2. The lowest BCUT2D eigenvalue weighted by Gasteiger charge is -2.23. The van der Waals surface area contributed by atoms with Gasteiger partial charge in [-0.25, -0.2) is 8.42 Å². The summed E-state index contributed by atoms with van der Waals surface area (Å²) in [6.07, 6.45) is -4.29. The normalized spacial score (nSPS) is 12.2. The molecule has 0 unspecified atom stereocenters. The molecule has 2 aromatic rings. The molecule has 182 valence electrons. The van der Waals surface area contributed by atoms with Crippen LogP contribution in [0.25, 0.3) is 0 Å². The zero-order valence-electron chi connectivity index (χ0n) is 18.8. The highest BCUT2D eigenvalue weighted by molar-refractivity contribution is 7.89. The van der Waals surface area contributed by atoms with Crippen molar-refractivity contribution >= 4 is 21.6 Å². The number of ether oxygens (including phenoxy) is 2. The van der Waals surface area contributed by atoms with Crippen molar-refractivity contribution < 1.29 is 35.9 Å². The van der Waals surface area contributed by atoms with Crippen molar-refractivity contribution in [3.63, 3.8) is 0 Å². The molecule has 0 spiro atoms. The molecule has 2 aromatic carbocycles. The number of halogens is 3. The summed E-state index contributed by atoms with van der Waals surface area (Å²) in [5.74, 6) is 0.199. The number of carbonyl (C=O) groups excluding carboxylic acids is 1. The van der Waals surface area contributed by atoms with Crippen LogP contribution < -0.4 is 14.8 Å². The Balaban J connectivity index is 2.34. The first kappa shape index (κ1) is 26.5. The SMILES string of the molecule is COc1ccc(OC)c(NC(=O)CN(CCC(C)C)S(=O)(=O)c2cccc(C(F)(F)F)c2)c1. The number of alkyl halides is 3. The molecule has 0 fully saturated rings. The Labute approximate surface area is 191 Å². The van der Waals surface area contributed by atoms with Gasteiger partial charge in [-0.1, -0.05) is 19.9 Å². The first-order valence-electron chi connectivity index (χ1n) is 10.1. The van der Waals surface area contributed by atoms with Crippen molar-refractivity contribution in [2.45, 2.75) is 31.3 Å². The summed E-state index contributed by atoms with van der Waals surface area (Å²) in [5.41, 5.74) is -0.819. The molecular weight excluding hydrogens is 461 g/mol. The Morgan fingerprint density at radius 2 is 1.79 bits per heavy atom. The summed E-state index contributed by atoms with van der Waals surface area (Å²) in [7, 11) is -1.52. The molecule has 0 bridgehead atoms. The summed E-state index contributed by atoms with van der Waals surface area (Å²) in [4.78, 5) is 12.2. The minimum Gasteiger partial charge on any atom is -0.497 e. The van der Waals surface area contributed by atoms with Crippen molar-refractivity contribution in [3.05, 3.63) is 48.0 Å². The van der Waals surface area contributed by atoms with Gasteiger partial charge >= 0.3 is 6.18 Å². The van der Waals surface area contributed by atoms with Gasteiger partial charge in [-0.3, -0.25) is 4.79 Å². The third-order valence-corrected chi connectivity index (χ3v) is 6.60. The smallest absolute Gasteiger partial charge is 0.416 e. The van der Waals surface area contributed by atoms with Gasteiger partial charge in [0.25, 0.3) is 0 Å². The van der Waals surface area contributed by atoms with Crippen molar-refractivity contribution in [1.29, 1.82) is 0 Å². The fraction of sp³-hybridized carbons (Fsp3) is 0.409. The van der Waals surface area contributed by atoms with Crippen LogP contribution in [0.4, 0.5) is 18.9 Å². The number of nitrogens with zero attached hydrogens (tertiary/aromatic N) is 1. The van der Waals surface area contributed by atoms with E-state index in [1.54, 1.807) is 12.1 Å². The first-order valence-corrected chi connectivity index (χ1v) is 11.5. The van der Waals surface area contributed by atoms with E-state index in [0.717, 1.165) is 22.5 Å². The molecular formula is C22H27F3N2O5S. The number of sulfonamides is 1. The topological polar surface area (TPSA) is 84.9 Å². The lowest BCUT2D eigenvalue weighted by atomic mass is 10.1. The Morgan fingerprint density at radius 3 is 2.36 bits per heavy atom. The molecule has 0 saturated heterocycles. The maximum Gasteiger partial charge on any atom is 0.416 e. The van der Waals surface area contributed by atoms with Gasteiger partial charge in [-0.05, 0) is 42.7 Å². The molecule has 0 aliphatic heterocycles.